The zero-order valence-corrected chi connectivity index (χ0v) is 10.6. The Bertz CT molecular complexity index is 177. The van der Waals surface area contributed by atoms with Crippen LogP contribution in [0, 0.1) is 0 Å². The molecule has 0 amide bonds. The van der Waals surface area contributed by atoms with Crippen LogP contribution in [0.5, 0.6) is 0 Å². The van der Waals surface area contributed by atoms with E-state index >= 15 is 0 Å². The molecular weight excluding hydrogens is 188 g/mol. The van der Waals surface area contributed by atoms with Crippen molar-refractivity contribution in [3.05, 3.63) is 0 Å². The molecule has 0 spiro atoms. The third-order valence-corrected chi connectivity index (χ3v) is 3.04. The van der Waals surface area contributed by atoms with Crippen LogP contribution in [0.4, 0.5) is 0 Å². The third-order valence-electron chi connectivity index (χ3n) is 3.04. The van der Waals surface area contributed by atoms with E-state index < -0.39 is 0 Å². The average Bonchev–Trinajstić information content (AvgIpc) is 2.30. The summed E-state index contributed by atoms with van der Waals surface area (Å²) in [5.74, 6) is 6.15. The van der Waals surface area contributed by atoms with Crippen molar-refractivity contribution in [1.29, 1.82) is 0 Å². The summed E-state index contributed by atoms with van der Waals surface area (Å²) in [6.45, 7) is 9.47. The average molecular weight is 214 g/mol. The van der Waals surface area contributed by atoms with Gasteiger partial charge in [-0.25, -0.2) is 5.84 Å². The van der Waals surface area contributed by atoms with Crippen molar-refractivity contribution in [2.24, 2.45) is 10.8 Å². The fourth-order valence-electron chi connectivity index (χ4n) is 1.61. The van der Waals surface area contributed by atoms with E-state index in [0.717, 1.165) is 32.2 Å². The smallest absolute Gasteiger partial charge is 0.206 e. The van der Waals surface area contributed by atoms with Crippen LogP contribution in [0.2, 0.25) is 0 Å². The number of hydrazine groups is 1. The molecule has 0 aromatic carbocycles. The van der Waals surface area contributed by atoms with Crippen LogP contribution in [0.25, 0.3) is 0 Å². The van der Waals surface area contributed by atoms with Crippen LogP contribution in [0.15, 0.2) is 4.99 Å². The maximum atomic E-state index is 5.44. The molecule has 0 aliphatic carbocycles. The minimum Gasteiger partial charge on any atom is -0.350 e. The van der Waals surface area contributed by atoms with Crippen molar-refractivity contribution in [2.75, 3.05) is 6.54 Å². The van der Waals surface area contributed by atoms with Crippen molar-refractivity contribution in [1.82, 2.24) is 10.7 Å². The van der Waals surface area contributed by atoms with Crippen molar-refractivity contribution in [3.8, 4) is 0 Å². The Morgan fingerprint density at radius 1 is 1.13 bits per heavy atom. The van der Waals surface area contributed by atoms with E-state index in [4.69, 9.17) is 5.84 Å². The summed E-state index contributed by atoms with van der Waals surface area (Å²) < 4.78 is 0. The second-order valence-electron chi connectivity index (χ2n) is 3.84. The Morgan fingerprint density at radius 2 is 1.67 bits per heavy atom. The largest absolute Gasteiger partial charge is 0.350 e. The normalized spacial score (nSPS) is 12.7. The third kappa shape index (κ3) is 4.51. The molecule has 4 N–H and O–H groups in total. The Morgan fingerprint density at radius 3 is 2.00 bits per heavy atom. The highest BCUT2D eigenvalue weighted by Crippen LogP contribution is 2.18. The second-order valence-corrected chi connectivity index (χ2v) is 3.84. The quantitative estimate of drug-likeness (QED) is 0.273. The first-order valence-corrected chi connectivity index (χ1v) is 5.97. The van der Waals surface area contributed by atoms with Gasteiger partial charge in [0.2, 0.25) is 5.96 Å². The molecule has 0 heterocycles. The zero-order valence-electron chi connectivity index (χ0n) is 10.6. The number of nitrogens with zero attached hydrogens (tertiary/aromatic N) is 1. The molecule has 0 bridgehead atoms. The van der Waals surface area contributed by atoms with E-state index in [9.17, 15) is 0 Å². The van der Waals surface area contributed by atoms with Gasteiger partial charge in [-0.15, -0.1) is 0 Å². The lowest BCUT2D eigenvalue weighted by Crippen LogP contribution is -2.53. The molecule has 90 valence electrons. The summed E-state index contributed by atoms with van der Waals surface area (Å²) in [5, 5.41) is 3.42. The van der Waals surface area contributed by atoms with Gasteiger partial charge in [-0.3, -0.25) is 10.4 Å². The number of hydrogen-bond donors (Lipinski definition) is 3. The van der Waals surface area contributed by atoms with Gasteiger partial charge in [0.15, 0.2) is 0 Å². The summed E-state index contributed by atoms with van der Waals surface area (Å²) in [6.07, 6.45) is 4.26. The lowest BCUT2D eigenvalue weighted by molar-refractivity contribution is 0.335. The molecule has 0 saturated heterocycles. The van der Waals surface area contributed by atoms with Crippen LogP contribution < -0.4 is 16.6 Å². The molecule has 0 saturated carbocycles. The van der Waals surface area contributed by atoms with Gasteiger partial charge in [0, 0.05) is 12.1 Å². The molecule has 4 nitrogen and oxygen atoms in total. The van der Waals surface area contributed by atoms with Crippen LogP contribution in [-0.2, 0) is 0 Å². The zero-order chi connectivity index (χ0) is 11.7. The number of guanidine groups is 1. The van der Waals surface area contributed by atoms with Crippen molar-refractivity contribution >= 4 is 5.96 Å². The number of aliphatic imine (C=N–C) groups is 1. The van der Waals surface area contributed by atoms with Gasteiger partial charge in [-0.2, -0.15) is 0 Å². The highest BCUT2D eigenvalue weighted by atomic mass is 15.3. The van der Waals surface area contributed by atoms with Gasteiger partial charge in [0.1, 0.15) is 0 Å². The van der Waals surface area contributed by atoms with E-state index in [0.29, 0.717) is 5.96 Å². The van der Waals surface area contributed by atoms with Crippen LogP contribution in [-0.4, -0.2) is 18.0 Å². The topological polar surface area (TPSA) is 62.4 Å². The Kier molecular flexibility index (Phi) is 7.13. The molecule has 15 heavy (non-hydrogen) atoms. The minimum atomic E-state index is 0.124. The minimum absolute atomic E-state index is 0.124. The van der Waals surface area contributed by atoms with Crippen molar-refractivity contribution in [2.45, 2.75) is 58.9 Å². The molecule has 0 atom stereocenters. The molecule has 0 rings (SSSR count). The van der Waals surface area contributed by atoms with Gasteiger partial charge in [0.25, 0.3) is 0 Å². The Hall–Kier alpha value is -0.770. The fraction of sp³-hybridized carbons (Fsp3) is 0.909. The highest BCUT2D eigenvalue weighted by molar-refractivity contribution is 5.79. The molecule has 0 aliphatic heterocycles. The summed E-state index contributed by atoms with van der Waals surface area (Å²) in [7, 11) is 0. The molecule has 0 radical (unpaired) electrons. The van der Waals surface area contributed by atoms with Gasteiger partial charge in [0.05, 0.1) is 0 Å². The molecule has 0 aromatic rings. The highest BCUT2D eigenvalue weighted by Gasteiger charge is 2.24. The number of hydrogen-bond acceptors (Lipinski definition) is 2. The SMILES string of the molecule is CCCN=C(NN)NC(CC)(CC)CC. The Labute approximate surface area is 93.7 Å². The van der Waals surface area contributed by atoms with Gasteiger partial charge in [-0.1, -0.05) is 27.7 Å². The molecule has 0 unspecified atom stereocenters. The fourth-order valence-corrected chi connectivity index (χ4v) is 1.61. The summed E-state index contributed by atoms with van der Waals surface area (Å²) in [6, 6.07) is 0. The molecule has 0 fully saturated rings. The molecular formula is C11H26N4. The van der Waals surface area contributed by atoms with Crippen molar-refractivity contribution in [3.63, 3.8) is 0 Å². The van der Waals surface area contributed by atoms with Gasteiger partial charge >= 0.3 is 0 Å². The van der Waals surface area contributed by atoms with Crippen LogP contribution >= 0.6 is 0 Å². The van der Waals surface area contributed by atoms with Crippen LogP contribution in [0.1, 0.15) is 53.4 Å². The van der Waals surface area contributed by atoms with Gasteiger partial charge in [-0.05, 0) is 25.7 Å². The lowest BCUT2D eigenvalue weighted by atomic mass is 9.90. The number of rotatable bonds is 6. The summed E-state index contributed by atoms with van der Waals surface area (Å²) in [5.41, 5.74) is 2.76. The van der Waals surface area contributed by atoms with E-state index in [1.165, 1.54) is 0 Å². The van der Waals surface area contributed by atoms with Crippen molar-refractivity contribution < 1.29 is 0 Å². The van der Waals surface area contributed by atoms with Crippen LogP contribution in [0.3, 0.4) is 0 Å². The predicted octanol–water partition coefficient (Wildman–Crippen LogP) is 1.77. The predicted molar refractivity (Wildman–Crippen MR) is 66.7 cm³/mol. The maximum absolute atomic E-state index is 5.44. The Balaban J connectivity index is 4.47. The first kappa shape index (κ1) is 14.2. The first-order valence-electron chi connectivity index (χ1n) is 5.97. The van der Waals surface area contributed by atoms with E-state index in [-0.39, 0.29) is 5.54 Å². The number of nitrogens with one attached hydrogen (secondary N) is 2. The lowest BCUT2D eigenvalue weighted by Gasteiger charge is -2.33. The molecule has 4 heteroatoms. The monoisotopic (exact) mass is 214 g/mol. The maximum Gasteiger partial charge on any atom is 0.206 e. The van der Waals surface area contributed by atoms with E-state index in [1.54, 1.807) is 0 Å². The summed E-state index contributed by atoms with van der Waals surface area (Å²) in [4.78, 5) is 4.36. The van der Waals surface area contributed by atoms with E-state index in [2.05, 4.69) is 43.4 Å². The second kappa shape index (κ2) is 7.51. The van der Waals surface area contributed by atoms with E-state index in [1.807, 2.05) is 0 Å². The summed E-state index contributed by atoms with van der Waals surface area (Å²) >= 11 is 0. The first-order chi connectivity index (χ1) is 7.17. The molecule has 0 aromatic heterocycles. The molecule has 0 aliphatic rings. The standard InChI is InChI=1S/C11H26N4/c1-5-9-13-10(15-12)14-11(6-2,7-3)8-4/h5-9,12H2,1-4H3,(H2,13,14,15). The number of nitrogens with two attached hydrogens (primary N) is 1. The van der Waals surface area contributed by atoms with Gasteiger partial charge < -0.3 is 5.32 Å².